The molecular weight excluding hydrogens is 266 g/mol. The van der Waals surface area contributed by atoms with Gasteiger partial charge in [0.05, 0.1) is 6.61 Å². The second kappa shape index (κ2) is 7.81. The summed E-state index contributed by atoms with van der Waals surface area (Å²) in [7, 11) is 1.72. The number of likely N-dealkylation sites (N-methyl/N-ethyl adjacent to an activating group) is 1. The van der Waals surface area contributed by atoms with Crippen molar-refractivity contribution >= 4 is 11.9 Å². The van der Waals surface area contributed by atoms with E-state index in [1.54, 1.807) is 25.8 Å². The Kier molecular flexibility index (Phi) is 6.69. The summed E-state index contributed by atoms with van der Waals surface area (Å²) in [5.74, 6) is 1.32. The molecule has 0 aromatic heterocycles. The predicted molar refractivity (Wildman–Crippen MR) is 83.7 cm³/mol. The number of amides is 1. The monoisotopic (exact) mass is 297 g/mol. The Morgan fingerprint density at radius 3 is 2.38 bits per heavy atom. The molecule has 0 aliphatic heterocycles. The van der Waals surface area contributed by atoms with E-state index in [2.05, 4.69) is 20.8 Å². The third kappa shape index (κ3) is 4.45. The second-order valence-corrected chi connectivity index (χ2v) is 6.81. The van der Waals surface area contributed by atoms with E-state index in [9.17, 15) is 9.59 Å². The number of carbonyl (C=O) groups excluding carboxylic acids is 2. The number of esters is 1. The van der Waals surface area contributed by atoms with Gasteiger partial charge in [-0.1, -0.05) is 27.2 Å². The van der Waals surface area contributed by atoms with E-state index in [0.29, 0.717) is 24.4 Å². The van der Waals surface area contributed by atoms with Crippen LogP contribution in [0.1, 0.15) is 53.9 Å². The van der Waals surface area contributed by atoms with Gasteiger partial charge in [-0.2, -0.15) is 0 Å². The Labute approximate surface area is 129 Å². The van der Waals surface area contributed by atoms with E-state index in [1.807, 2.05) is 0 Å². The number of hydrogen-bond acceptors (Lipinski definition) is 3. The molecule has 122 valence electrons. The van der Waals surface area contributed by atoms with E-state index in [-0.39, 0.29) is 17.8 Å². The van der Waals surface area contributed by atoms with E-state index >= 15 is 0 Å². The third-order valence-corrected chi connectivity index (χ3v) is 4.90. The first-order valence-corrected chi connectivity index (χ1v) is 8.22. The van der Waals surface area contributed by atoms with Gasteiger partial charge in [0.15, 0.2) is 0 Å². The molecule has 1 fully saturated rings. The van der Waals surface area contributed by atoms with Gasteiger partial charge in [-0.25, -0.2) is 4.79 Å². The minimum Gasteiger partial charge on any atom is -0.464 e. The fourth-order valence-corrected chi connectivity index (χ4v) is 3.36. The molecule has 1 unspecified atom stereocenters. The second-order valence-electron chi connectivity index (χ2n) is 6.81. The zero-order chi connectivity index (χ0) is 16.2. The van der Waals surface area contributed by atoms with Crippen LogP contribution in [0.15, 0.2) is 0 Å². The van der Waals surface area contributed by atoms with Gasteiger partial charge >= 0.3 is 5.97 Å². The first-order valence-electron chi connectivity index (χ1n) is 8.22. The summed E-state index contributed by atoms with van der Waals surface area (Å²) in [4.78, 5) is 26.2. The lowest BCUT2D eigenvalue weighted by molar-refractivity contribution is -0.155. The standard InChI is InChI=1S/C17H31NO3/c1-7-21-17(20)13(5)18(6)16(19)15-10-12(4)8-9-14(15)11(2)3/h11-15H,7-10H2,1-6H3/t12-,13?,14+,15-/m1/s1. The molecular formula is C17H31NO3. The lowest BCUT2D eigenvalue weighted by Crippen LogP contribution is -2.47. The normalized spacial score (nSPS) is 27.3. The zero-order valence-electron chi connectivity index (χ0n) is 14.4. The summed E-state index contributed by atoms with van der Waals surface area (Å²) in [6.45, 7) is 10.5. The summed E-state index contributed by atoms with van der Waals surface area (Å²) >= 11 is 0. The molecule has 0 aromatic rings. The van der Waals surface area contributed by atoms with E-state index in [4.69, 9.17) is 4.74 Å². The summed E-state index contributed by atoms with van der Waals surface area (Å²) < 4.78 is 5.02. The molecule has 21 heavy (non-hydrogen) atoms. The van der Waals surface area contributed by atoms with Crippen LogP contribution in [0.4, 0.5) is 0 Å². The molecule has 0 radical (unpaired) electrons. The molecule has 1 rings (SSSR count). The Bertz CT molecular complexity index is 367. The van der Waals surface area contributed by atoms with Crippen LogP contribution in [0.5, 0.6) is 0 Å². The zero-order valence-corrected chi connectivity index (χ0v) is 14.4. The number of carbonyl (C=O) groups is 2. The molecule has 0 heterocycles. The molecule has 0 bridgehead atoms. The molecule has 1 amide bonds. The SMILES string of the molecule is CCOC(=O)C(C)N(C)C(=O)[C@@H]1C[C@H](C)CC[C@H]1C(C)C. The van der Waals surface area contributed by atoms with Gasteiger partial charge in [-0.15, -0.1) is 0 Å². The van der Waals surface area contributed by atoms with Crippen LogP contribution < -0.4 is 0 Å². The van der Waals surface area contributed by atoms with Crippen LogP contribution in [-0.4, -0.2) is 36.5 Å². The molecule has 0 aromatic carbocycles. The van der Waals surface area contributed by atoms with Gasteiger partial charge in [0.25, 0.3) is 0 Å². The Hall–Kier alpha value is -1.06. The van der Waals surface area contributed by atoms with Crippen LogP contribution >= 0.6 is 0 Å². The molecule has 0 saturated heterocycles. The summed E-state index contributed by atoms with van der Waals surface area (Å²) in [5, 5.41) is 0. The topological polar surface area (TPSA) is 46.6 Å². The molecule has 0 N–H and O–H groups in total. The first-order chi connectivity index (χ1) is 9.79. The highest BCUT2D eigenvalue weighted by Crippen LogP contribution is 2.39. The van der Waals surface area contributed by atoms with Gasteiger partial charge in [-0.05, 0) is 44.4 Å². The van der Waals surface area contributed by atoms with E-state index in [0.717, 1.165) is 12.8 Å². The fraction of sp³-hybridized carbons (Fsp3) is 0.882. The van der Waals surface area contributed by atoms with Gasteiger partial charge < -0.3 is 9.64 Å². The third-order valence-electron chi connectivity index (χ3n) is 4.90. The number of ether oxygens (including phenoxy) is 1. The average molecular weight is 297 g/mol. The summed E-state index contributed by atoms with van der Waals surface area (Å²) in [6.07, 6.45) is 3.24. The first kappa shape index (κ1) is 18.0. The Balaban J connectivity index is 2.80. The molecule has 1 saturated carbocycles. The maximum atomic E-state index is 12.8. The maximum Gasteiger partial charge on any atom is 0.328 e. The minimum absolute atomic E-state index is 0.0376. The fourth-order valence-electron chi connectivity index (χ4n) is 3.36. The van der Waals surface area contributed by atoms with E-state index in [1.165, 1.54) is 6.42 Å². The number of rotatable bonds is 5. The predicted octanol–water partition coefficient (Wildman–Crippen LogP) is 3.10. The van der Waals surface area contributed by atoms with E-state index < -0.39 is 6.04 Å². The van der Waals surface area contributed by atoms with Crippen molar-refractivity contribution in [3.05, 3.63) is 0 Å². The molecule has 4 atom stereocenters. The Morgan fingerprint density at radius 1 is 1.24 bits per heavy atom. The highest BCUT2D eigenvalue weighted by Gasteiger charge is 2.38. The highest BCUT2D eigenvalue weighted by molar-refractivity contribution is 5.85. The van der Waals surface area contributed by atoms with Crippen molar-refractivity contribution in [2.75, 3.05) is 13.7 Å². The van der Waals surface area contributed by atoms with Crippen molar-refractivity contribution in [2.45, 2.75) is 59.9 Å². The van der Waals surface area contributed by atoms with Crippen LogP contribution in [-0.2, 0) is 14.3 Å². The van der Waals surface area contributed by atoms with Crippen LogP contribution in [0, 0.1) is 23.7 Å². The minimum atomic E-state index is -0.512. The van der Waals surface area contributed by atoms with Gasteiger partial charge in [0, 0.05) is 13.0 Å². The molecule has 1 aliphatic rings. The van der Waals surface area contributed by atoms with Crippen molar-refractivity contribution in [2.24, 2.45) is 23.7 Å². The quantitative estimate of drug-likeness (QED) is 0.733. The lowest BCUT2D eigenvalue weighted by atomic mass is 9.69. The smallest absolute Gasteiger partial charge is 0.328 e. The van der Waals surface area contributed by atoms with Gasteiger partial charge in [0.1, 0.15) is 6.04 Å². The van der Waals surface area contributed by atoms with Gasteiger partial charge in [-0.3, -0.25) is 4.79 Å². The number of nitrogens with zero attached hydrogens (tertiary/aromatic N) is 1. The van der Waals surface area contributed by atoms with Crippen LogP contribution in [0.2, 0.25) is 0 Å². The maximum absolute atomic E-state index is 12.8. The average Bonchev–Trinajstić information content (AvgIpc) is 2.44. The molecule has 1 aliphatic carbocycles. The summed E-state index contributed by atoms with van der Waals surface area (Å²) in [5.41, 5.74) is 0. The lowest BCUT2D eigenvalue weighted by Gasteiger charge is -2.39. The molecule has 4 heteroatoms. The van der Waals surface area contributed by atoms with Crippen LogP contribution in [0.25, 0.3) is 0 Å². The van der Waals surface area contributed by atoms with Crippen molar-refractivity contribution in [3.8, 4) is 0 Å². The largest absolute Gasteiger partial charge is 0.464 e. The number of hydrogen-bond donors (Lipinski definition) is 0. The highest BCUT2D eigenvalue weighted by atomic mass is 16.5. The molecule has 4 nitrogen and oxygen atoms in total. The molecule has 0 spiro atoms. The van der Waals surface area contributed by atoms with Crippen LogP contribution in [0.3, 0.4) is 0 Å². The van der Waals surface area contributed by atoms with Crippen molar-refractivity contribution < 1.29 is 14.3 Å². The van der Waals surface area contributed by atoms with Crippen molar-refractivity contribution in [1.82, 2.24) is 4.90 Å². The summed E-state index contributed by atoms with van der Waals surface area (Å²) in [6, 6.07) is -0.512. The van der Waals surface area contributed by atoms with Gasteiger partial charge in [0.2, 0.25) is 5.91 Å². The Morgan fingerprint density at radius 2 is 1.86 bits per heavy atom. The van der Waals surface area contributed by atoms with Crippen molar-refractivity contribution in [1.29, 1.82) is 0 Å². The van der Waals surface area contributed by atoms with Crippen molar-refractivity contribution in [3.63, 3.8) is 0 Å².